The van der Waals surface area contributed by atoms with E-state index in [4.69, 9.17) is 25.6 Å². The number of aromatic nitrogens is 2. The van der Waals surface area contributed by atoms with Crippen LogP contribution in [0.3, 0.4) is 0 Å². The van der Waals surface area contributed by atoms with E-state index < -0.39 is 47.7 Å². The summed E-state index contributed by atoms with van der Waals surface area (Å²) in [7, 11) is -2.75. The van der Waals surface area contributed by atoms with E-state index in [0.29, 0.717) is 0 Å². The third kappa shape index (κ3) is 6.25. The molecule has 1 aromatic rings. The first kappa shape index (κ1) is 25.3. The average molecular weight is 533 g/mol. The monoisotopic (exact) mass is 531 g/mol. The lowest BCUT2D eigenvalue weighted by Crippen LogP contribution is -2.40. The molecule has 0 radical (unpaired) electrons. The van der Waals surface area contributed by atoms with Gasteiger partial charge in [-0.1, -0.05) is 41.4 Å². The van der Waals surface area contributed by atoms with E-state index in [9.17, 15) is 24.1 Å². The summed E-state index contributed by atoms with van der Waals surface area (Å²) in [5.74, 6) is -0.638. The number of carbonyl (C=O) groups excluding carboxylic acids is 1. The normalized spacial score (nSPS) is 28.4. The van der Waals surface area contributed by atoms with Gasteiger partial charge in [0, 0.05) is 18.3 Å². The average Bonchev–Trinajstić information content (AvgIpc) is 2.87. The van der Waals surface area contributed by atoms with Crippen molar-refractivity contribution < 1.29 is 28.5 Å². The number of hydrogen-bond donors (Lipinski definition) is 3. The predicted molar refractivity (Wildman–Crippen MR) is 112 cm³/mol. The second-order valence-corrected chi connectivity index (χ2v) is 10.6. The Labute approximate surface area is 186 Å². The summed E-state index contributed by atoms with van der Waals surface area (Å²) in [5.41, 5.74) is -1.37. The highest BCUT2D eigenvalue weighted by atomic mass is 79.9. The first-order valence-corrected chi connectivity index (χ1v) is 11.5. The first-order valence-electron chi connectivity index (χ1n) is 9.06. The number of alkyl halides is 2. The summed E-state index contributed by atoms with van der Waals surface area (Å²) in [6.07, 6.45) is -2.33. The summed E-state index contributed by atoms with van der Waals surface area (Å²) in [6, 6.07) is 0.682. The standard InChI is InChI=1S/C16H24BrClN3O8P/c1-8(2)13(24)27-6-9(3)20-30(26)28-7-10-12(23)16(17,18)14(29-10)21-5-4-11(22)19-15(21)25/h4-5,8-10,12,14,23,30H,6-7H2,1-3H3,(H,20,26)(H,19,22,25)/t9-,10+,12+,14+,16-/m0/s1. The van der Waals surface area contributed by atoms with Crippen LogP contribution in [0.15, 0.2) is 21.9 Å². The van der Waals surface area contributed by atoms with Gasteiger partial charge in [-0.25, -0.2) is 9.88 Å². The minimum Gasteiger partial charge on any atom is -0.464 e. The van der Waals surface area contributed by atoms with E-state index >= 15 is 0 Å². The maximum Gasteiger partial charge on any atom is 0.330 e. The van der Waals surface area contributed by atoms with Crippen LogP contribution in [-0.2, 0) is 23.4 Å². The predicted octanol–water partition coefficient (Wildman–Crippen LogP) is 0.708. The molecule has 1 fully saturated rings. The molecule has 3 N–H and O–H groups in total. The Hall–Kier alpha value is -1.01. The number of aliphatic hydroxyl groups is 1. The summed E-state index contributed by atoms with van der Waals surface area (Å²) in [4.78, 5) is 36.8. The minimum atomic E-state index is -2.75. The van der Waals surface area contributed by atoms with Crippen molar-refractivity contribution in [1.29, 1.82) is 0 Å². The number of aromatic amines is 1. The van der Waals surface area contributed by atoms with Crippen LogP contribution in [0.2, 0.25) is 0 Å². The Balaban J connectivity index is 1.92. The molecule has 2 rings (SSSR count). The van der Waals surface area contributed by atoms with E-state index in [1.54, 1.807) is 20.8 Å². The SMILES string of the molecule is CC(C)C(=O)OC[C@H](C)N[PH](=O)OC[C@H]1O[C@@H](n2ccc(=O)[nH]c2=O)[C@](Cl)(Br)[C@@H]1O. The maximum atomic E-state index is 12.1. The molecule has 1 saturated heterocycles. The van der Waals surface area contributed by atoms with Crippen molar-refractivity contribution in [3.63, 3.8) is 0 Å². The number of esters is 1. The van der Waals surface area contributed by atoms with Crippen molar-refractivity contribution in [2.45, 2.75) is 49.0 Å². The zero-order valence-corrected chi connectivity index (χ0v) is 19.8. The lowest BCUT2D eigenvalue weighted by Gasteiger charge is -2.24. The van der Waals surface area contributed by atoms with Crippen LogP contribution in [0.1, 0.15) is 27.0 Å². The molecule has 170 valence electrons. The van der Waals surface area contributed by atoms with Crippen LogP contribution < -0.4 is 16.3 Å². The summed E-state index contributed by atoms with van der Waals surface area (Å²) < 4.78 is 27.5. The van der Waals surface area contributed by atoms with Crippen LogP contribution in [-0.4, -0.2) is 55.9 Å². The van der Waals surface area contributed by atoms with Gasteiger partial charge in [0.05, 0.1) is 12.5 Å². The second kappa shape index (κ2) is 10.5. The van der Waals surface area contributed by atoms with Crippen molar-refractivity contribution in [2.24, 2.45) is 5.92 Å². The molecule has 1 unspecified atom stereocenters. The number of H-pyrrole nitrogens is 1. The van der Waals surface area contributed by atoms with Gasteiger partial charge in [0.2, 0.25) is 0 Å². The van der Waals surface area contributed by atoms with E-state index in [2.05, 4.69) is 26.0 Å². The molecule has 14 heteroatoms. The fourth-order valence-electron chi connectivity index (χ4n) is 2.53. The number of halogens is 2. The number of aliphatic hydroxyl groups excluding tert-OH is 1. The van der Waals surface area contributed by atoms with Crippen LogP contribution in [0.25, 0.3) is 0 Å². The Bertz CT molecular complexity index is 892. The highest BCUT2D eigenvalue weighted by Crippen LogP contribution is 2.47. The van der Waals surface area contributed by atoms with E-state index in [0.717, 1.165) is 10.6 Å². The van der Waals surface area contributed by atoms with E-state index in [-0.39, 0.29) is 25.1 Å². The van der Waals surface area contributed by atoms with Gasteiger partial charge in [-0.2, -0.15) is 0 Å². The van der Waals surface area contributed by atoms with Gasteiger partial charge in [0.25, 0.3) is 13.7 Å². The first-order chi connectivity index (χ1) is 13.9. The molecule has 2 heterocycles. The van der Waals surface area contributed by atoms with Crippen LogP contribution in [0, 0.1) is 5.92 Å². The molecule has 30 heavy (non-hydrogen) atoms. The second-order valence-electron chi connectivity index (χ2n) is 7.09. The minimum absolute atomic E-state index is 0.0166. The quantitative estimate of drug-likeness (QED) is 0.237. The molecular weight excluding hydrogens is 509 g/mol. The number of carbonyl (C=O) groups is 1. The van der Waals surface area contributed by atoms with Gasteiger partial charge in [-0.05, 0) is 6.92 Å². The molecular formula is C16H24BrClN3O8P. The fourth-order valence-corrected chi connectivity index (χ4v) is 4.34. The molecule has 0 spiro atoms. The Kier molecular flexibility index (Phi) is 8.87. The lowest BCUT2D eigenvalue weighted by atomic mass is 10.2. The molecule has 6 atom stereocenters. The van der Waals surface area contributed by atoms with Crippen LogP contribution in [0.5, 0.6) is 0 Å². The van der Waals surface area contributed by atoms with E-state index in [1.807, 2.05) is 0 Å². The van der Waals surface area contributed by atoms with Gasteiger partial charge >= 0.3 is 11.7 Å². The van der Waals surface area contributed by atoms with Gasteiger partial charge in [0.15, 0.2) is 10.0 Å². The van der Waals surface area contributed by atoms with Crippen LogP contribution in [0.4, 0.5) is 0 Å². The Morgan fingerprint density at radius 2 is 2.17 bits per heavy atom. The lowest BCUT2D eigenvalue weighted by molar-refractivity contribution is -0.147. The highest BCUT2D eigenvalue weighted by Gasteiger charge is 2.55. The van der Waals surface area contributed by atoms with Gasteiger partial charge < -0.3 is 19.1 Å². The topological polar surface area (TPSA) is 149 Å². The molecule has 1 aliphatic heterocycles. The Morgan fingerprint density at radius 3 is 2.77 bits per heavy atom. The molecule has 0 saturated carbocycles. The van der Waals surface area contributed by atoms with Crippen molar-refractivity contribution in [2.75, 3.05) is 13.2 Å². The number of rotatable bonds is 9. The number of ether oxygens (including phenoxy) is 2. The zero-order valence-electron chi connectivity index (χ0n) is 16.5. The van der Waals surface area contributed by atoms with Gasteiger partial charge in [0.1, 0.15) is 18.8 Å². The highest BCUT2D eigenvalue weighted by molar-refractivity contribution is 9.10. The van der Waals surface area contributed by atoms with Crippen molar-refractivity contribution in [1.82, 2.24) is 14.6 Å². The Morgan fingerprint density at radius 1 is 1.50 bits per heavy atom. The third-order valence-corrected chi connectivity index (χ3v) is 6.60. The summed E-state index contributed by atoms with van der Waals surface area (Å²) in [5, 5.41) is 13.1. The molecule has 0 amide bonds. The van der Waals surface area contributed by atoms with Crippen LogP contribution >= 0.6 is 35.7 Å². The van der Waals surface area contributed by atoms with Gasteiger partial charge in [-0.15, -0.1) is 0 Å². The number of hydrogen-bond acceptors (Lipinski definition) is 8. The molecule has 1 aromatic heterocycles. The smallest absolute Gasteiger partial charge is 0.330 e. The zero-order chi connectivity index (χ0) is 22.6. The summed E-state index contributed by atoms with van der Waals surface area (Å²) in [6.45, 7) is 4.80. The molecule has 0 aromatic carbocycles. The third-order valence-electron chi connectivity index (χ3n) is 4.17. The van der Waals surface area contributed by atoms with Gasteiger partial charge in [-0.3, -0.25) is 23.7 Å². The number of nitrogens with one attached hydrogen (secondary N) is 2. The van der Waals surface area contributed by atoms with Crippen molar-refractivity contribution >= 4 is 41.7 Å². The molecule has 0 bridgehead atoms. The summed E-state index contributed by atoms with van der Waals surface area (Å²) >= 11 is 9.47. The maximum absolute atomic E-state index is 12.1. The number of nitrogens with zero attached hydrogens (tertiary/aromatic N) is 1. The fraction of sp³-hybridized carbons (Fsp3) is 0.688. The van der Waals surface area contributed by atoms with Crippen molar-refractivity contribution in [3.8, 4) is 0 Å². The molecule has 11 nitrogen and oxygen atoms in total. The van der Waals surface area contributed by atoms with Crippen molar-refractivity contribution in [3.05, 3.63) is 33.1 Å². The molecule has 0 aliphatic carbocycles. The molecule has 1 aliphatic rings. The largest absolute Gasteiger partial charge is 0.464 e. The van der Waals surface area contributed by atoms with E-state index in [1.165, 1.54) is 6.20 Å².